The number of aryl methyl sites for hydroxylation is 1. The lowest BCUT2D eigenvalue weighted by molar-refractivity contribution is 0.584. The van der Waals surface area contributed by atoms with Crippen LogP contribution in [0.4, 0.5) is 5.13 Å². The van der Waals surface area contributed by atoms with Crippen LogP contribution in [0.5, 0.6) is 0 Å². The summed E-state index contributed by atoms with van der Waals surface area (Å²) in [7, 11) is 0. The molecule has 0 radical (unpaired) electrons. The highest BCUT2D eigenvalue weighted by atomic mass is 35.5. The second kappa shape index (κ2) is 6.00. The molecule has 3 heterocycles. The van der Waals surface area contributed by atoms with Gasteiger partial charge in [-0.3, -0.25) is 0 Å². The number of nitrogens with one attached hydrogen (secondary N) is 1. The zero-order valence-electron chi connectivity index (χ0n) is 14.8. The van der Waals surface area contributed by atoms with Gasteiger partial charge in [-0.05, 0) is 54.8 Å². The minimum absolute atomic E-state index is 0.486. The van der Waals surface area contributed by atoms with Crippen LogP contribution in [0.3, 0.4) is 0 Å². The molecule has 0 aliphatic carbocycles. The van der Waals surface area contributed by atoms with E-state index in [1.165, 1.54) is 32.4 Å². The molecular weight excluding hydrogens is 362 g/mol. The van der Waals surface area contributed by atoms with Gasteiger partial charge in [0.1, 0.15) is 0 Å². The van der Waals surface area contributed by atoms with Gasteiger partial charge in [-0.2, -0.15) is 0 Å². The molecule has 1 unspecified atom stereocenters. The van der Waals surface area contributed by atoms with Crippen molar-refractivity contribution < 1.29 is 0 Å². The van der Waals surface area contributed by atoms with Crippen LogP contribution in [-0.4, -0.2) is 16.5 Å². The fourth-order valence-electron chi connectivity index (χ4n) is 4.08. The van der Waals surface area contributed by atoms with Crippen LogP contribution < -0.4 is 4.90 Å². The normalized spacial score (nSPS) is 17.2. The van der Waals surface area contributed by atoms with Gasteiger partial charge in [0.05, 0.1) is 16.8 Å². The Morgan fingerprint density at radius 3 is 3.00 bits per heavy atom. The summed E-state index contributed by atoms with van der Waals surface area (Å²) in [5.41, 5.74) is 6.30. The minimum atomic E-state index is 0.486. The molecule has 2 aromatic heterocycles. The molecular formula is C21H20ClN3S. The van der Waals surface area contributed by atoms with Crippen molar-refractivity contribution in [2.45, 2.75) is 32.7 Å². The predicted octanol–water partition coefficient (Wildman–Crippen LogP) is 6.25. The maximum absolute atomic E-state index is 6.26. The summed E-state index contributed by atoms with van der Waals surface area (Å²) in [5.74, 6) is 0.486. The van der Waals surface area contributed by atoms with Crippen LogP contribution in [0.2, 0.25) is 5.02 Å². The molecule has 0 spiro atoms. The molecule has 0 bridgehead atoms. The number of hydrogen-bond donors (Lipinski definition) is 1. The molecule has 0 amide bonds. The van der Waals surface area contributed by atoms with E-state index < -0.39 is 0 Å². The average Bonchev–Trinajstić information content (AvgIpc) is 3.21. The number of thiazole rings is 1. The van der Waals surface area contributed by atoms with E-state index in [1.807, 2.05) is 6.07 Å². The number of benzene rings is 2. The number of anilines is 1. The Morgan fingerprint density at radius 2 is 2.15 bits per heavy atom. The molecule has 1 atom stereocenters. The fraction of sp³-hybridized carbons (Fsp3) is 0.286. The highest BCUT2D eigenvalue weighted by Crippen LogP contribution is 2.40. The number of H-pyrrole nitrogens is 1. The van der Waals surface area contributed by atoms with E-state index >= 15 is 0 Å². The van der Waals surface area contributed by atoms with Crippen LogP contribution in [-0.2, 0) is 6.54 Å². The molecule has 1 aliphatic rings. The van der Waals surface area contributed by atoms with Gasteiger partial charge in [0.15, 0.2) is 5.13 Å². The Morgan fingerprint density at radius 1 is 1.27 bits per heavy atom. The summed E-state index contributed by atoms with van der Waals surface area (Å²) in [4.78, 5) is 10.9. The number of rotatable bonds is 2. The molecule has 5 rings (SSSR count). The quantitative estimate of drug-likeness (QED) is 0.444. The van der Waals surface area contributed by atoms with Crippen molar-refractivity contribution >= 4 is 49.2 Å². The third-order valence-electron chi connectivity index (χ3n) is 5.38. The second-order valence-electron chi connectivity index (χ2n) is 7.16. The molecule has 4 aromatic rings. The first-order valence-corrected chi connectivity index (χ1v) is 10.2. The van der Waals surface area contributed by atoms with Crippen LogP contribution >= 0.6 is 22.9 Å². The first kappa shape index (κ1) is 16.2. The lowest BCUT2D eigenvalue weighted by Gasteiger charge is -2.32. The second-order valence-corrected chi connectivity index (χ2v) is 8.61. The maximum atomic E-state index is 6.26. The van der Waals surface area contributed by atoms with Crippen molar-refractivity contribution in [3.8, 4) is 0 Å². The minimum Gasteiger partial charge on any atom is -0.357 e. The number of aromatic amines is 1. The van der Waals surface area contributed by atoms with Gasteiger partial charge in [-0.15, -0.1) is 0 Å². The Kier molecular flexibility index (Phi) is 3.73. The van der Waals surface area contributed by atoms with Crippen LogP contribution in [0.25, 0.3) is 21.1 Å². The SMILES string of the molecule is CCC1CN(c2nc3ccc(C)cc3s2)Cc2[nH]c3ccc(Cl)cc3c21. The van der Waals surface area contributed by atoms with Crippen molar-refractivity contribution in [2.75, 3.05) is 11.4 Å². The molecule has 3 nitrogen and oxygen atoms in total. The van der Waals surface area contributed by atoms with E-state index in [9.17, 15) is 0 Å². The third kappa shape index (κ3) is 2.51. The van der Waals surface area contributed by atoms with Crippen LogP contribution in [0.15, 0.2) is 36.4 Å². The molecule has 1 aliphatic heterocycles. The lowest BCUT2D eigenvalue weighted by atomic mass is 9.90. The average molecular weight is 382 g/mol. The molecule has 2 aromatic carbocycles. The van der Waals surface area contributed by atoms with Crippen molar-refractivity contribution in [2.24, 2.45) is 0 Å². The van der Waals surface area contributed by atoms with Crippen molar-refractivity contribution in [1.29, 1.82) is 0 Å². The van der Waals surface area contributed by atoms with Gasteiger partial charge in [0.2, 0.25) is 0 Å². The molecule has 1 N–H and O–H groups in total. The van der Waals surface area contributed by atoms with Crippen LogP contribution in [0.1, 0.15) is 36.1 Å². The Hall–Kier alpha value is -2.04. The van der Waals surface area contributed by atoms with E-state index in [0.717, 1.165) is 35.2 Å². The summed E-state index contributed by atoms with van der Waals surface area (Å²) in [6.07, 6.45) is 1.10. The summed E-state index contributed by atoms with van der Waals surface area (Å²) < 4.78 is 1.27. The van der Waals surface area contributed by atoms with Gasteiger partial charge in [0, 0.05) is 34.1 Å². The predicted molar refractivity (Wildman–Crippen MR) is 112 cm³/mol. The first-order valence-electron chi connectivity index (χ1n) is 9.04. The van der Waals surface area contributed by atoms with Gasteiger partial charge in [0.25, 0.3) is 0 Å². The first-order chi connectivity index (χ1) is 12.6. The Bertz CT molecular complexity index is 1130. The monoisotopic (exact) mass is 381 g/mol. The summed E-state index contributed by atoms with van der Waals surface area (Å²) >= 11 is 8.05. The van der Waals surface area contributed by atoms with E-state index in [0.29, 0.717) is 5.92 Å². The fourth-order valence-corrected chi connectivity index (χ4v) is 5.32. The molecule has 5 heteroatoms. The molecule has 0 fully saturated rings. The summed E-state index contributed by atoms with van der Waals surface area (Å²) in [5, 5.41) is 3.20. The zero-order valence-corrected chi connectivity index (χ0v) is 16.4. The van der Waals surface area contributed by atoms with E-state index in [-0.39, 0.29) is 0 Å². The number of fused-ring (bicyclic) bond motifs is 4. The Labute approximate surface area is 161 Å². The number of nitrogens with zero attached hydrogens (tertiary/aromatic N) is 2. The van der Waals surface area contributed by atoms with Crippen molar-refractivity contribution in [3.63, 3.8) is 0 Å². The number of halogens is 1. The Balaban J connectivity index is 1.59. The van der Waals surface area contributed by atoms with Gasteiger partial charge in [-0.1, -0.05) is 35.9 Å². The lowest BCUT2D eigenvalue weighted by Crippen LogP contribution is -2.33. The number of aromatic nitrogens is 2. The van der Waals surface area contributed by atoms with Crippen molar-refractivity contribution in [1.82, 2.24) is 9.97 Å². The van der Waals surface area contributed by atoms with Gasteiger partial charge >= 0.3 is 0 Å². The van der Waals surface area contributed by atoms with E-state index in [4.69, 9.17) is 16.6 Å². The van der Waals surface area contributed by atoms with Gasteiger partial charge < -0.3 is 9.88 Å². The van der Waals surface area contributed by atoms with Crippen LogP contribution in [0, 0.1) is 6.92 Å². The molecule has 26 heavy (non-hydrogen) atoms. The van der Waals surface area contributed by atoms with E-state index in [1.54, 1.807) is 11.3 Å². The highest BCUT2D eigenvalue weighted by molar-refractivity contribution is 7.22. The standard InChI is InChI=1S/C21H20ClN3S/c1-3-13-10-25(21-24-17-6-4-12(2)8-19(17)26-21)11-18-20(13)15-9-14(22)5-7-16(15)23-18/h4-9,13,23H,3,10-11H2,1-2H3. The molecule has 132 valence electrons. The summed E-state index contributed by atoms with van der Waals surface area (Å²) in [6.45, 7) is 6.27. The van der Waals surface area contributed by atoms with E-state index in [2.05, 4.69) is 54.1 Å². The zero-order chi connectivity index (χ0) is 17.8. The van der Waals surface area contributed by atoms with Gasteiger partial charge in [-0.25, -0.2) is 4.98 Å². The largest absolute Gasteiger partial charge is 0.357 e. The number of hydrogen-bond acceptors (Lipinski definition) is 3. The molecule has 0 saturated heterocycles. The highest BCUT2D eigenvalue weighted by Gasteiger charge is 2.29. The smallest absolute Gasteiger partial charge is 0.186 e. The third-order valence-corrected chi connectivity index (χ3v) is 6.69. The topological polar surface area (TPSA) is 31.9 Å². The maximum Gasteiger partial charge on any atom is 0.186 e. The molecule has 0 saturated carbocycles. The van der Waals surface area contributed by atoms with Crippen molar-refractivity contribution in [3.05, 3.63) is 58.2 Å². The summed E-state index contributed by atoms with van der Waals surface area (Å²) in [6, 6.07) is 12.6.